The number of carboxylic acids is 1. The Hall–Kier alpha value is -4.01. The van der Waals surface area contributed by atoms with Crippen molar-refractivity contribution in [3.8, 4) is 5.75 Å². The second-order valence-corrected chi connectivity index (χ2v) is 30.5. The molecule has 0 spiro atoms. The number of carbonyl (C=O) groups is 3. The average Bonchev–Trinajstić information content (AvgIpc) is 0.670. The van der Waals surface area contributed by atoms with Crippen molar-refractivity contribution in [3.05, 3.63) is 47.6 Å². The maximum absolute atomic E-state index is 15.9. The smallest absolute Gasteiger partial charge is 0.331 e. The van der Waals surface area contributed by atoms with Crippen LogP contribution in [-0.2, 0) is 66.5 Å². The fourth-order valence-corrected chi connectivity index (χ4v) is 18.7. The zero-order chi connectivity index (χ0) is 71.3. The molecule has 98 heavy (non-hydrogen) atoms. The van der Waals surface area contributed by atoms with Gasteiger partial charge in [-0.15, -0.1) is 0 Å². The number of aliphatic hydroxyl groups excluding tert-OH is 14. The number of aliphatic carboxylic acids is 1. The molecule has 0 radical (unpaired) electrons. The number of esters is 2. The van der Waals surface area contributed by atoms with Crippen LogP contribution in [-0.4, -0.2) is 282 Å². The summed E-state index contributed by atoms with van der Waals surface area (Å²) in [5.74, 6) is -4.02. The van der Waals surface area contributed by atoms with Gasteiger partial charge in [0, 0.05) is 11.5 Å². The third-order valence-electron chi connectivity index (χ3n) is 24.5. The van der Waals surface area contributed by atoms with E-state index in [0.29, 0.717) is 43.4 Å². The van der Waals surface area contributed by atoms with Gasteiger partial charge >= 0.3 is 17.9 Å². The lowest BCUT2D eigenvalue weighted by Gasteiger charge is -2.71. The van der Waals surface area contributed by atoms with E-state index in [0.717, 1.165) is 11.6 Å². The lowest BCUT2D eigenvalue weighted by molar-refractivity contribution is -0.377. The van der Waals surface area contributed by atoms with Crippen molar-refractivity contribution in [2.75, 3.05) is 33.5 Å². The van der Waals surface area contributed by atoms with Gasteiger partial charge in [-0.1, -0.05) is 51.5 Å². The second-order valence-electron chi connectivity index (χ2n) is 30.5. The van der Waals surface area contributed by atoms with Gasteiger partial charge in [-0.25, -0.2) is 4.79 Å². The Labute approximate surface area is 566 Å². The van der Waals surface area contributed by atoms with Crippen molar-refractivity contribution in [3.63, 3.8) is 0 Å². The molecule has 0 unspecified atom stereocenters. The Morgan fingerprint density at radius 1 is 0.592 bits per heavy atom. The van der Waals surface area contributed by atoms with Gasteiger partial charge in [0.1, 0.15) is 97.3 Å². The summed E-state index contributed by atoms with van der Waals surface area (Å²) in [6.07, 6.45) is -34.0. The summed E-state index contributed by atoms with van der Waals surface area (Å²) >= 11 is 0. The van der Waals surface area contributed by atoms with Gasteiger partial charge in [-0.05, 0) is 136 Å². The molecule has 5 heterocycles. The van der Waals surface area contributed by atoms with Gasteiger partial charge in [-0.3, -0.25) is 9.59 Å². The predicted octanol–water partition coefficient (Wildman–Crippen LogP) is -1.60. The number of aliphatic hydroxyl groups is 14. The topological polar surface area (TPSA) is 465 Å². The van der Waals surface area contributed by atoms with E-state index in [-0.39, 0.29) is 43.6 Å². The van der Waals surface area contributed by atoms with Crippen LogP contribution in [0, 0.1) is 50.2 Å². The number of rotatable bonds is 17. The van der Waals surface area contributed by atoms with E-state index in [9.17, 15) is 86.2 Å². The zero-order valence-corrected chi connectivity index (χ0v) is 56.2. The first-order chi connectivity index (χ1) is 46.1. The number of carboxylic acid groups (broad SMARTS) is 1. The highest BCUT2D eigenvalue weighted by atomic mass is 16.8. The summed E-state index contributed by atoms with van der Waals surface area (Å²) in [7, 11) is 1.51. The Morgan fingerprint density at radius 3 is 1.88 bits per heavy atom. The summed E-state index contributed by atoms with van der Waals surface area (Å²) in [6, 6.07) is 6.76. The third kappa shape index (κ3) is 13.0. The standard InChI is InChI=1S/C68H100O30/c1-29-52(95-57-48(80)44(76)38(27-89-57)93-56-47(79)42(74)36(72)26-88-56)46(78)50(82)58(90-29)96-54-51(83)53(94-41(73)16-11-31-9-12-32(87-8)13-10-31)30(2)91-60(54)98-62(86)67-20-19-63(3,4)23-34(67)33-14-15-39-64(5)24-35(71)55(97-59-49(81)45(77)43(75)37(25-69)92-59)66(7,61(84)85)40(64)17-18-65(39,6)68(33,28-70)22-21-67/h9-14,16,29-30,34-40,42-60,69-72,74-83H,15,17-28H2,1-8H3,(H,84,85)/b16-11+/t29-,30+,34-,35-,36-,37+,38+,39+,40+,42-,43+,44-,45-,46-,47+,48+,49+,50+,51-,52-,53-,54+,55-,56-,57-,58-,59-,60-,64+,65+,66-,67-,68-/m0/s1. The number of hydrogen-bond acceptors (Lipinski definition) is 29. The molecule has 11 rings (SSSR count). The van der Waals surface area contributed by atoms with Crippen LogP contribution in [0.3, 0.4) is 0 Å². The Kier molecular flexibility index (Phi) is 21.9. The minimum atomic E-state index is -2.05. The van der Waals surface area contributed by atoms with Crippen LogP contribution < -0.4 is 4.74 Å². The molecule has 33 atom stereocenters. The number of fused-ring (bicyclic) bond motifs is 7. The van der Waals surface area contributed by atoms with Crippen LogP contribution in [0.4, 0.5) is 0 Å². The molecule has 0 aromatic heterocycles. The van der Waals surface area contributed by atoms with Crippen LogP contribution >= 0.6 is 0 Å². The Balaban J connectivity index is 0.848. The molecular weight excluding hydrogens is 1300 g/mol. The van der Waals surface area contributed by atoms with Gasteiger partial charge in [0.25, 0.3) is 0 Å². The molecule has 30 nitrogen and oxygen atoms in total. The highest BCUT2D eigenvalue weighted by Crippen LogP contribution is 2.76. The quantitative estimate of drug-likeness (QED) is 0.0362. The summed E-state index contributed by atoms with van der Waals surface area (Å²) in [5, 5.41) is 167. The van der Waals surface area contributed by atoms with E-state index in [4.69, 9.17) is 56.8 Å². The fourth-order valence-electron chi connectivity index (χ4n) is 18.7. The van der Waals surface area contributed by atoms with Crippen molar-refractivity contribution >= 4 is 24.0 Å². The summed E-state index contributed by atoms with van der Waals surface area (Å²) in [4.78, 5) is 43.4. The van der Waals surface area contributed by atoms with E-state index >= 15 is 4.79 Å². The molecule has 5 saturated heterocycles. The van der Waals surface area contributed by atoms with E-state index < -0.39 is 230 Å². The molecule has 9 fully saturated rings. The van der Waals surface area contributed by atoms with Crippen LogP contribution in [0.2, 0.25) is 0 Å². The monoisotopic (exact) mass is 1400 g/mol. The predicted molar refractivity (Wildman–Crippen MR) is 331 cm³/mol. The SMILES string of the molecule is COc1ccc(/C=C/C(=O)O[C@@H]2[C@H](O)[C@@H](O[C@@H]3O[C@@H](C)[C@H](O[C@@H]4OC[C@@H](O[C@@H]5OC[C@H](O)[C@H](O)[C@H]5O)[C@H](O)[C@H]4O)[C@@H](O)[C@H]3O)[C@H](OC(=O)[C@]34CCC(C)(C)C[C@H]3C3=CC[C@@H]5[C@@]6(C)C[C@H](O)[C@H](O[C@@H]7O[C@H](CO)[C@@H](O)[C@H](O)[C@H]7O)[C@@](C)(C(=O)O)[C@@H]6CC[C@@]5(C)[C@]3(CO)CC4)O[C@@H]2C)cc1. The van der Waals surface area contributed by atoms with E-state index in [1.807, 2.05) is 6.92 Å². The van der Waals surface area contributed by atoms with Gasteiger partial charge in [-0.2, -0.15) is 0 Å². The maximum Gasteiger partial charge on any atom is 0.331 e. The lowest BCUT2D eigenvalue weighted by atomic mass is 9.33. The number of benzene rings is 1. The molecule has 1 aromatic carbocycles. The van der Waals surface area contributed by atoms with Gasteiger partial charge in [0.15, 0.2) is 37.4 Å². The van der Waals surface area contributed by atoms with Crippen molar-refractivity contribution in [1.82, 2.24) is 0 Å². The largest absolute Gasteiger partial charge is 0.497 e. The Bertz CT molecular complexity index is 3040. The lowest BCUT2D eigenvalue weighted by Crippen LogP contribution is -2.71. The van der Waals surface area contributed by atoms with Gasteiger partial charge in [0.2, 0.25) is 6.29 Å². The first-order valence-electron chi connectivity index (χ1n) is 34.0. The molecule has 0 bridgehead atoms. The van der Waals surface area contributed by atoms with Gasteiger partial charge < -0.3 is 133 Å². The van der Waals surface area contributed by atoms with E-state index in [1.165, 1.54) is 34.0 Å². The third-order valence-corrected chi connectivity index (χ3v) is 24.5. The first-order valence-corrected chi connectivity index (χ1v) is 34.0. The summed E-state index contributed by atoms with van der Waals surface area (Å²) in [6.45, 7) is 10.6. The normalized spacial score (nSPS) is 49.4. The summed E-state index contributed by atoms with van der Waals surface area (Å²) < 4.78 is 71.0. The molecular formula is C68H100O30. The van der Waals surface area contributed by atoms with Crippen LogP contribution in [0.5, 0.6) is 5.75 Å². The van der Waals surface area contributed by atoms with Crippen molar-refractivity contribution in [2.45, 2.75) is 260 Å². The molecule has 0 amide bonds. The minimum Gasteiger partial charge on any atom is -0.497 e. The zero-order valence-electron chi connectivity index (χ0n) is 56.2. The van der Waals surface area contributed by atoms with Crippen LogP contribution in [0.1, 0.15) is 112 Å². The van der Waals surface area contributed by atoms with Crippen molar-refractivity contribution in [2.24, 2.45) is 50.2 Å². The number of methoxy groups -OCH3 is 1. The minimum absolute atomic E-state index is 0.0129. The van der Waals surface area contributed by atoms with Crippen molar-refractivity contribution < 1.29 is 148 Å². The highest BCUT2D eigenvalue weighted by molar-refractivity contribution is 5.87. The number of allylic oxidation sites excluding steroid dienone is 1. The van der Waals surface area contributed by atoms with Crippen molar-refractivity contribution in [1.29, 1.82) is 0 Å². The molecule has 1 aromatic rings. The molecule has 4 saturated carbocycles. The molecule has 5 aliphatic carbocycles. The average molecular weight is 1400 g/mol. The second kappa shape index (κ2) is 28.6. The van der Waals surface area contributed by atoms with Crippen LogP contribution in [0.25, 0.3) is 6.08 Å². The molecule has 5 aliphatic heterocycles. The Morgan fingerprint density at radius 2 is 1.20 bits per heavy atom. The molecule has 10 aliphatic rings. The van der Waals surface area contributed by atoms with Crippen LogP contribution in [0.15, 0.2) is 42.0 Å². The van der Waals surface area contributed by atoms with E-state index in [1.54, 1.807) is 24.3 Å². The maximum atomic E-state index is 15.9. The summed E-state index contributed by atoms with van der Waals surface area (Å²) in [5.41, 5.74) is -4.83. The van der Waals surface area contributed by atoms with E-state index in [2.05, 4.69) is 26.8 Å². The molecule has 552 valence electrons. The number of carbonyl (C=O) groups excluding carboxylic acids is 2. The first kappa shape index (κ1) is 75.2. The molecule has 15 N–H and O–H groups in total. The van der Waals surface area contributed by atoms with Gasteiger partial charge in [0.05, 0.1) is 62.7 Å². The fraction of sp³-hybridized carbons (Fsp3) is 0.809. The number of ether oxygens (including phenoxy) is 12. The highest BCUT2D eigenvalue weighted by Gasteiger charge is 2.74. The number of hydrogen-bond donors (Lipinski definition) is 15. The molecule has 30 heteroatoms.